The lowest BCUT2D eigenvalue weighted by molar-refractivity contribution is -0.140. The lowest BCUT2D eigenvalue weighted by atomic mass is 9.78. The lowest BCUT2D eigenvalue weighted by Crippen LogP contribution is -2.51. The fraction of sp³-hybridized carbons (Fsp3) is 0.333. The molecule has 2 aromatic carbocycles. The van der Waals surface area contributed by atoms with Crippen LogP contribution in [0.1, 0.15) is 44.7 Å². The van der Waals surface area contributed by atoms with Crippen molar-refractivity contribution in [3.63, 3.8) is 0 Å². The largest absolute Gasteiger partial charge is 0.491 e. The van der Waals surface area contributed by atoms with E-state index in [2.05, 4.69) is 10.6 Å². The highest BCUT2D eigenvalue weighted by Gasteiger charge is 2.38. The van der Waals surface area contributed by atoms with Gasteiger partial charge in [0.25, 0.3) is 11.8 Å². The van der Waals surface area contributed by atoms with E-state index in [1.54, 1.807) is 36.4 Å². The SMILES string of the molecule is O=C(O)CCC(=O)N1CC(NC(=O)c2ccc3c(c2)B(O)OC3)C(NC(=O)c2ccc3c(c2)B(O)OC3)C1. The summed E-state index contributed by atoms with van der Waals surface area (Å²) in [5.41, 5.74) is 3.12. The number of carbonyl (C=O) groups is 4. The number of benzene rings is 2. The molecule has 1 saturated heterocycles. The number of carboxylic acids is 1. The van der Waals surface area contributed by atoms with E-state index in [1.807, 2.05) is 0 Å². The van der Waals surface area contributed by atoms with E-state index in [-0.39, 0.29) is 50.3 Å². The summed E-state index contributed by atoms with van der Waals surface area (Å²) in [6, 6.07) is 8.34. The zero-order chi connectivity index (χ0) is 27.0. The van der Waals surface area contributed by atoms with Gasteiger partial charge >= 0.3 is 20.2 Å². The van der Waals surface area contributed by atoms with E-state index < -0.39 is 50.0 Å². The maximum atomic E-state index is 13.1. The number of carbonyl (C=O) groups excluding carboxylic acids is 3. The van der Waals surface area contributed by atoms with E-state index in [0.717, 1.165) is 11.1 Å². The standard InChI is InChI=1S/C24H25B2N3O9/c30-21(5-6-22(31)32)29-9-19(27-23(33)13-1-3-15-11-37-25(35)17(15)7-13)20(10-29)28-24(34)14-2-4-16-12-38-26(36)18(16)8-14/h1-4,7-8,19-20,35-36H,5-6,9-12H2,(H,27,33)(H,28,34)(H,31,32). The van der Waals surface area contributed by atoms with Crippen LogP contribution in [-0.2, 0) is 32.1 Å². The summed E-state index contributed by atoms with van der Waals surface area (Å²) in [7, 11) is -2.23. The Labute approximate surface area is 218 Å². The normalized spacial score (nSPS) is 19.8. The van der Waals surface area contributed by atoms with Crippen LogP contribution in [0.15, 0.2) is 36.4 Å². The van der Waals surface area contributed by atoms with E-state index >= 15 is 0 Å². The monoisotopic (exact) mass is 521 g/mol. The number of hydrogen-bond donors (Lipinski definition) is 5. The van der Waals surface area contributed by atoms with Crippen LogP contribution in [-0.4, -0.2) is 83.2 Å². The Morgan fingerprint density at radius 3 is 1.74 bits per heavy atom. The van der Waals surface area contributed by atoms with E-state index in [9.17, 15) is 29.2 Å². The molecule has 2 unspecified atom stereocenters. The quantitative estimate of drug-likeness (QED) is 0.252. The third kappa shape index (κ3) is 5.29. The Bertz CT molecular complexity index is 1220. The van der Waals surface area contributed by atoms with Crippen molar-refractivity contribution in [3.05, 3.63) is 58.7 Å². The molecule has 0 aliphatic carbocycles. The average molecular weight is 521 g/mol. The predicted octanol–water partition coefficient (Wildman–Crippen LogP) is -2.27. The molecule has 38 heavy (non-hydrogen) atoms. The summed E-state index contributed by atoms with van der Waals surface area (Å²) in [4.78, 5) is 51.2. The molecule has 1 fully saturated rings. The Morgan fingerprint density at radius 2 is 1.29 bits per heavy atom. The van der Waals surface area contributed by atoms with Crippen LogP contribution in [0.5, 0.6) is 0 Å². The second-order valence-electron chi connectivity index (χ2n) is 9.51. The minimum absolute atomic E-state index is 0.0720. The number of nitrogens with one attached hydrogen (secondary N) is 2. The number of nitrogens with zero attached hydrogens (tertiary/aromatic N) is 1. The fourth-order valence-corrected chi connectivity index (χ4v) is 4.89. The van der Waals surface area contributed by atoms with Gasteiger partial charge in [-0.1, -0.05) is 12.1 Å². The zero-order valence-corrected chi connectivity index (χ0v) is 20.3. The first-order chi connectivity index (χ1) is 18.2. The van der Waals surface area contributed by atoms with Crippen LogP contribution in [0.3, 0.4) is 0 Å². The smallest absolute Gasteiger partial charge is 0.481 e. The number of aliphatic carboxylic acids is 1. The molecule has 3 amide bonds. The Hall–Kier alpha value is -3.71. The third-order valence-corrected chi connectivity index (χ3v) is 7.00. The summed E-state index contributed by atoms with van der Waals surface area (Å²) in [5, 5.41) is 34.6. The molecule has 14 heteroatoms. The number of rotatable bonds is 7. The molecule has 196 valence electrons. The van der Waals surface area contributed by atoms with Gasteiger partial charge in [0.2, 0.25) is 5.91 Å². The van der Waals surface area contributed by atoms with Crippen LogP contribution in [0.2, 0.25) is 0 Å². The second-order valence-corrected chi connectivity index (χ2v) is 9.51. The molecule has 5 rings (SSSR count). The lowest BCUT2D eigenvalue weighted by Gasteiger charge is -2.21. The minimum atomic E-state index is -1.12. The maximum Gasteiger partial charge on any atom is 0.491 e. The number of likely N-dealkylation sites (tertiary alicyclic amines) is 1. The molecule has 0 aromatic heterocycles. The summed E-state index contributed by atoms with van der Waals surface area (Å²) in [5.74, 6) is -2.43. The molecule has 0 saturated carbocycles. The number of hydrogen-bond acceptors (Lipinski definition) is 8. The summed E-state index contributed by atoms with van der Waals surface area (Å²) >= 11 is 0. The van der Waals surface area contributed by atoms with Crippen molar-refractivity contribution in [3.8, 4) is 0 Å². The Kier molecular flexibility index (Phi) is 7.21. The molecular formula is C24H25B2N3O9. The van der Waals surface area contributed by atoms with Crippen molar-refractivity contribution < 1.29 is 43.6 Å². The maximum absolute atomic E-state index is 13.1. The van der Waals surface area contributed by atoms with Gasteiger partial charge in [-0.2, -0.15) is 0 Å². The van der Waals surface area contributed by atoms with E-state index in [4.69, 9.17) is 14.4 Å². The molecular weight excluding hydrogens is 496 g/mol. The second kappa shape index (κ2) is 10.6. The molecule has 3 aliphatic rings. The van der Waals surface area contributed by atoms with Gasteiger partial charge in [-0.15, -0.1) is 0 Å². The molecule has 3 aliphatic heterocycles. The molecule has 0 spiro atoms. The van der Waals surface area contributed by atoms with Crippen LogP contribution in [0.4, 0.5) is 0 Å². The van der Waals surface area contributed by atoms with Gasteiger partial charge in [0.1, 0.15) is 0 Å². The highest BCUT2D eigenvalue weighted by molar-refractivity contribution is 6.62. The van der Waals surface area contributed by atoms with Crippen molar-refractivity contribution >= 4 is 48.9 Å². The summed E-state index contributed by atoms with van der Waals surface area (Å²) in [6.07, 6.45) is -0.537. The minimum Gasteiger partial charge on any atom is -0.481 e. The molecule has 5 N–H and O–H groups in total. The van der Waals surface area contributed by atoms with E-state index in [0.29, 0.717) is 10.9 Å². The molecule has 0 radical (unpaired) electrons. The molecule has 3 heterocycles. The van der Waals surface area contributed by atoms with Crippen molar-refractivity contribution in [2.24, 2.45) is 0 Å². The van der Waals surface area contributed by atoms with Gasteiger partial charge in [0.05, 0.1) is 31.7 Å². The van der Waals surface area contributed by atoms with Crippen LogP contribution in [0, 0.1) is 0 Å². The summed E-state index contributed by atoms with van der Waals surface area (Å²) in [6.45, 7) is 0.633. The van der Waals surface area contributed by atoms with Gasteiger partial charge in [0.15, 0.2) is 0 Å². The van der Waals surface area contributed by atoms with Gasteiger partial charge in [-0.3, -0.25) is 19.2 Å². The molecule has 12 nitrogen and oxygen atoms in total. The zero-order valence-electron chi connectivity index (χ0n) is 20.3. The van der Waals surface area contributed by atoms with Gasteiger partial charge < -0.3 is 40.0 Å². The number of carboxylic acid groups (broad SMARTS) is 1. The van der Waals surface area contributed by atoms with Crippen molar-refractivity contribution in [2.75, 3.05) is 13.1 Å². The summed E-state index contributed by atoms with van der Waals surface area (Å²) < 4.78 is 10.4. The third-order valence-electron chi connectivity index (χ3n) is 7.00. The van der Waals surface area contributed by atoms with Crippen LogP contribution in [0.25, 0.3) is 0 Å². The Balaban J connectivity index is 1.32. The average Bonchev–Trinajstić information content (AvgIpc) is 3.59. The topological polar surface area (TPSA) is 175 Å². The number of amides is 3. The molecule has 2 atom stereocenters. The van der Waals surface area contributed by atoms with Crippen molar-refractivity contribution in [2.45, 2.75) is 38.1 Å². The van der Waals surface area contributed by atoms with E-state index in [1.165, 1.54) is 4.90 Å². The molecule has 2 aromatic rings. The van der Waals surface area contributed by atoms with Gasteiger partial charge in [-0.05, 0) is 46.3 Å². The molecule has 0 bridgehead atoms. The Morgan fingerprint density at radius 1 is 0.816 bits per heavy atom. The first-order valence-electron chi connectivity index (χ1n) is 12.2. The van der Waals surface area contributed by atoms with Crippen molar-refractivity contribution in [1.82, 2.24) is 15.5 Å². The highest BCUT2D eigenvalue weighted by Crippen LogP contribution is 2.17. The number of fused-ring (bicyclic) bond motifs is 2. The van der Waals surface area contributed by atoms with Gasteiger partial charge in [-0.25, -0.2) is 0 Å². The van der Waals surface area contributed by atoms with Crippen LogP contribution < -0.4 is 21.6 Å². The van der Waals surface area contributed by atoms with Crippen LogP contribution >= 0.6 is 0 Å². The van der Waals surface area contributed by atoms with Crippen molar-refractivity contribution in [1.29, 1.82) is 0 Å². The predicted molar refractivity (Wildman–Crippen MR) is 134 cm³/mol. The fourth-order valence-electron chi connectivity index (χ4n) is 4.89. The van der Waals surface area contributed by atoms with Gasteiger partial charge in [0, 0.05) is 30.6 Å². The first kappa shape index (κ1) is 25.9. The first-order valence-corrected chi connectivity index (χ1v) is 12.2. The highest BCUT2D eigenvalue weighted by atomic mass is 16.5.